The molecule has 2 unspecified atom stereocenters. The normalized spacial score (nSPS) is 21.2. The summed E-state index contributed by atoms with van der Waals surface area (Å²) in [6.07, 6.45) is 7.89. The highest BCUT2D eigenvalue weighted by Gasteiger charge is 2.33. The molecule has 3 aromatic heterocycles. The number of amides is 1. The molecule has 178 valence electrons. The number of halogens is 2. The van der Waals surface area contributed by atoms with Crippen LogP contribution in [0.5, 0.6) is 0 Å². The molecule has 0 spiro atoms. The van der Waals surface area contributed by atoms with E-state index in [1.165, 1.54) is 0 Å². The van der Waals surface area contributed by atoms with Gasteiger partial charge in [0.15, 0.2) is 5.65 Å². The second-order valence-electron chi connectivity index (χ2n) is 9.00. The number of hydrogen-bond donors (Lipinski definition) is 0. The first kappa shape index (κ1) is 23.1. The van der Waals surface area contributed by atoms with E-state index >= 15 is 0 Å². The van der Waals surface area contributed by atoms with Crippen LogP contribution >= 0.6 is 23.2 Å². The molecule has 1 amide bonds. The summed E-state index contributed by atoms with van der Waals surface area (Å²) < 4.78 is 1.82. The van der Waals surface area contributed by atoms with E-state index in [4.69, 9.17) is 33.3 Å². The van der Waals surface area contributed by atoms with Crippen LogP contribution in [-0.2, 0) is 0 Å². The lowest BCUT2D eigenvalue weighted by Crippen LogP contribution is -2.39. The molecule has 2 atom stereocenters. The molecule has 5 rings (SSSR count). The fourth-order valence-corrected chi connectivity index (χ4v) is 5.33. The molecule has 0 aliphatic carbocycles. The summed E-state index contributed by atoms with van der Waals surface area (Å²) in [7, 11) is 1.82. The lowest BCUT2D eigenvalue weighted by atomic mass is 9.99. The second kappa shape index (κ2) is 9.50. The standard InChI is InChI=1S/C24H27Cl2N7O/c1-15-13-33-21(29-23(15)31-10-8-16(14-31)12-27-2)11-18(30-33)19-5-3-4-9-32(19)24(34)22-17(25)6-7-20(26)28-22/h6-7,11-13,16,19H,3-5,8-10,14H2,1-2H3. The molecule has 2 aliphatic heterocycles. The number of anilines is 1. The summed E-state index contributed by atoms with van der Waals surface area (Å²) in [5.74, 6) is 1.22. The molecule has 2 saturated heterocycles. The minimum Gasteiger partial charge on any atom is -0.356 e. The zero-order valence-corrected chi connectivity index (χ0v) is 20.8. The number of carbonyl (C=O) groups is 1. The van der Waals surface area contributed by atoms with Crippen LogP contribution in [0, 0.1) is 12.8 Å². The van der Waals surface area contributed by atoms with Crippen molar-refractivity contribution >= 4 is 46.8 Å². The average molecular weight is 500 g/mol. The van der Waals surface area contributed by atoms with Gasteiger partial charge in [0.2, 0.25) is 0 Å². The third-order valence-corrected chi connectivity index (χ3v) is 7.14. The molecule has 34 heavy (non-hydrogen) atoms. The molecule has 0 saturated carbocycles. The lowest BCUT2D eigenvalue weighted by molar-refractivity contribution is 0.0600. The van der Waals surface area contributed by atoms with Gasteiger partial charge in [-0.3, -0.25) is 4.79 Å². The largest absolute Gasteiger partial charge is 0.356 e. The number of rotatable bonds is 4. The predicted molar refractivity (Wildman–Crippen MR) is 134 cm³/mol. The first-order valence-electron chi connectivity index (χ1n) is 11.6. The number of piperidine rings is 1. The topological polar surface area (TPSA) is 79.0 Å². The van der Waals surface area contributed by atoms with Crippen molar-refractivity contribution in [3.8, 4) is 0 Å². The number of carbonyl (C=O) groups excluding carboxylic acids is 1. The van der Waals surface area contributed by atoms with Crippen molar-refractivity contribution in [1.29, 1.82) is 0 Å². The zero-order chi connectivity index (χ0) is 23.8. The number of fused-ring (bicyclic) bond motifs is 1. The van der Waals surface area contributed by atoms with Crippen molar-refractivity contribution < 1.29 is 4.79 Å². The Morgan fingerprint density at radius 1 is 1.18 bits per heavy atom. The highest BCUT2D eigenvalue weighted by Crippen LogP contribution is 2.33. The van der Waals surface area contributed by atoms with Crippen LogP contribution in [0.4, 0.5) is 5.82 Å². The van der Waals surface area contributed by atoms with E-state index < -0.39 is 0 Å². The average Bonchev–Trinajstić information content (AvgIpc) is 3.46. The minimum atomic E-state index is -0.222. The Morgan fingerprint density at radius 2 is 2.03 bits per heavy atom. The van der Waals surface area contributed by atoms with Crippen LogP contribution in [0.3, 0.4) is 0 Å². The number of aromatic nitrogens is 4. The van der Waals surface area contributed by atoms with Gasteiger partial charge >= 0.3 is 0 Å². The molecule has 0 N–H and O–H groups in total. The number of aliphatic imine (C=N–C) groups is 1. The van der Waals surface area contributed by atoms with E-state index in [1.54, 1.807) is 12.1 Å². The van der Waals surface area contributed by atoms with Gasteiger partial charge in [-0.05, 0) is 44.7 Å². The highest BCUT2D eigenvalue weighted by atomic mass is 35.5. The summed E-state index contributed by atoms with van der Waals surface area (Å²) >= 11 is 12.3. The van der Waals surface area contributed by atoms with Crippen LogP contribution in [0.25, 0.3) is 5.65 Å². The quantitative estimate of drug-likeness (QED) is 0.386. The van der Waals surface area contributed by atoms with E-state index in [2.05, 4.69) is 21.8 Å². The predicted octanol–water partition coefficient (Wildman–Crippen LogP) is 4.63. The van der Waals surface area contributed by atoms with Gasteiger partial charge in [0.25, 0.3) is 5.91 Å². The SMILES string of the molecule is CN=CC1CCN(c2nc3cc(C4CCCCN4C(=O)c4nc(Cl)ccc4Cl)nn3cc2C)C1. The van der Waals surface area contributed by atoms with Gasteiger partial charge in [-0.25, -0.2) is 14.5 Å². The molecule has 3 aromatic rings. The van der Waals surface area contributed by atoms with Gasteiger partial charge in [0.1, 0.15) is 16.7 Å². The zero-order valence-electron chi connectivity index (χ0n) is 19.3. The van der Waals surface area contributed by atoms with Crippen molar-refractivity contribution in [2.24, 2.45) is 10.9 Å². The number of hydrogen-bond acceptors (Lipinski definition) is 6. The molecule has 10 heteroatoms. The van der Waals surface area contributed by atoms with Crippen LogP contribution in [0.1, 0.15) is 53.5 Å². The van der Waals surface area contributed by atoms with Gasteiger partial charge in [-0.1, -0.05) is 23.2 Å². The fourth-order valence-electron chi connectivity index (χ4n) is 5.00. The monoisotopic (exact) mass is 499 g/mol. The van der Waals surface area contributed by atoms with E-state index in [1.807, 2.05) is 34.9 Å². The maximum absolute atomic E-state index is 13.4. The second-order valence-corrected chi connectivity index (χ2v) is 9.79. The molecule has 5 heterocycles. The molecule has 0 aromatic carbocycles. The van der Waals surface area contributed by atoms with Crippen molar-refractivity contribution in [2.45, 2.75) is 38.6 Å². The molecule has 0 bridgehead atoms. The van der Waals surface area contributed by atoms with E-state index in [0.29, 0.717) is 17.5 Å². The Bertz CT molecular complexity index is 1260. The van der Waals surface area contributed by atoms with Crippen molar-refractivity contribution in [1.82, 2.24) is 24.5 Å². The van der Waals surface area contributed by atoms with Gasteiger partial charge < -0.3 is 14.8 Å². The van der Waals surface area contributed by atoms with Crippen molar-refractivity contribution in [2.75, 3.05) is 31.6 Å². The number of pyridine rings is 1. The smallest absolute Gasteiger partial charge is 0.274 e. The van der Waals surface area contributed by atoms with Gasteiger partial charge in [-0.15, -0.1) is 0 Å². The van der Waals surface area contributed by atoms with Crippen LogP contribution < -0.4 is 4.90 Å². The Morgan fingerprint density at radius 3 is 2.85 bits per heavy atom. The summed E-state index contributed by atoms with van der Waals surface area (Å²) in [4.78, 5) is 30.9. The highest BCUT2D eigenvalue weighted by molar-refractivity contribution is 6.34. The maximum Gasteiger partial charge on any atom is 0.274 e. The van der Waals surface area contributed by atoms with E-state index in [-0.39, 0.29) is 22.8 Å². The van der Waals surface area contributed by atoms with E-state index in [0.717, 1.165) is 61.5 Å². The Labute approximate surface area is 208 Å². The number of likely N-dealkylation sites (tertiary alicyclic amines) is 1. The molecular weight excluding hydrogens is 473 g/mol. The van der Waals surface area contributed by atoms with Crippen molar-refractivity contribution in [3.05, 3.63) is 51.5 Å². The van der Waals surface area contributed by atoms with Gasteiger partial charge in [-0.2, -0.15) is 5.10 Å². The lowest BCUT2D eigenvalue weighted by Gasteiger charge is -2.34. The minimum absolute atomic E-state index is 0.166. The van der Waals surface area contributed by atoms with Gasteiger partial charge in [0.05, 0.1) is 16.8 Å². The molecule has 2 fully saturated rings. The Hall–Kier alpha value is -2.71. The maximum atomic E-state index is 13.4. The summed E-state index contributed by atoms with van der Waals surface area (Å²) in [6, 6.07) is 5.02. The Balaban J connectivity index is 1.45. The van der Waals surface area contributed by atoms with Crippen molar-refractivity contribution in [3.63, 3.8) is 0 Å². The third kappa shape index (κ3) is 4.36. The van der Waals surface area contributed by atoms with Crippen LogP contribution in [0.2, 0.25) is 10.2 Å². The van der Waals surface area contributed by atoms with Crippen LogP contribution in [-0.4, -0.2) is 63.3 Å². The number of aryl methyl sites for hydroxylation is 1. The summed E-state index contributed by atoms with van der Waals surface area (Å²) in [6.45, 7) is 4.56. The summed E-state index contributed by atoms with van der Waals surface area (Å²) in [5, 5.41) is 5.36. The Kier molecular flexibility index (Phi) is 6.44. The van der Waals surface area contributed by atoms with Crippen LogP contribution in [0.15, 0.2) is 29.4 Å². The van der Waals surface area contributed by atoms with Gasteiger partial charge in [0, 0.05) is 56.6 Å². The first-order chi connectivity index (χ1) is 16.4. The molecule has 0 radical (unpaired) electrons. The molecular formula is C24H27Cl2N7O. The van der Waals surface area contributed by atoms with E-state index in [9.17, 15) is 4.79 Å². The first-order valence-corrected chi connectivity index (χ1v) is 12.4. The summed E-state index contributed by atoms with van der Waals surface area (Å²) in [5.41, 5.74) is 2.86. The molecule has 8 nitrogen and oxygen atoms in total. The third-order valence-electron chi connectivity index (χ3n) is 6.63. The number of nitrogens with zero attached hydrogens (tertiary/aromatic N) is 7. The fraction of sp³-hybridized carbons (Fsp3) is 0.458. The molecule has 2 aliphatic rings.